The largest absolute Gasteiger partial charge is 0.363 e. The van der Waals surface area contributed by atoms with Crippen LogP contribution in [0.1, 0.15) is 60.3 Å². The molecular formula is C24H40N6O5S. The number of rotatable bonds is 14. The predicted octanol–water partition coefficient (Wildman–Crippen LogP) is 0.729. The first-order valence-electron chi connectivity index (χ1n) is 12.2. The van der Waals surface area contributed by atoms with Crippen molar-refractivity contribution < 1.29 is 24.0 Å². The van der Waals surface area contributed by atoms with Crippen LogP contribution in [0.2, 0.25) is 0 Å². The lowest BCUT2D eigenvalue weighted by Gasteiger charge is -2.29. The van der Waals surface area contributed by atoms with Crippen molar-refractivity contribution in [3.63, 3.8) is 0 Å². The van der Waals surface area contributed by atoms with Crippen LogP contribution in [0.25, 0.3) is 0 Å². The highest BCUT2D eigenvalue weighted by Crippen LogP contribution is 2.19. The number of carbonyl (C=O) groups excluding carboxylic acids is 5. The molecule has 0 fully saturated rings. The van der Waals surface area contributed by atoms with Crippen molar-refractivity contribution in [1.29, 1.82) is 0 Å². The molecule has 11 nitrogen and oxygen atoms in total. The molecule has 0 radical (unpaired) electrons. The zero-order chi connectivity index (χ0) is 27.5. The van der Waals surface area contributed by atoms with Crippen LogP contribution in [0.5, 0.6) is 0 Å². The van der Waals surface area contributed by atoms with Crippen LogP contribution in [-0.4, -0.2) is 71.3 Å². The first-order valence-corrected chi connectivity index (χ1v) is 12.6. The Labute approximate surface area is 218 Å². The number of nitrogens with one attached hydrogen (secondary N) is 4. The number of unbranched alkanes of at least 4 members (excludes halogenated alkanes) is 1. The number of hydrogen-bond acceptors (Lipinski definition) is 6. The Kier molecular flexibility index (Phi) is 12.5. The van der Waals surface area contributed by atoms with Crippen LogP contribution < -0.4 is 27.0 Å². The minimum Gasteiger partial charge on any atom is -0.363 e. The minimum absolute atomic E-state index is 0.108. The maximum absolute atomic E-state index is 13.1. The number of imide groups is 1. The number of Topliss-reactive ketones (excluding diaryl/α,β-unsaturated/α-hetero) is 1. The highest BCUT2D eigenvalue weighted by Gasteiger charge is 2.33. The minimum atomic E-state index is -0.720. The monoisotopic (exact) mass is 524 g/mol. The fourth-order valence-corrected chi connectivity index (χ4v) is 3.78. The molecule has 0 unspecified atom stereocenters. The molecule has 5 amide bonds. The Balaban J connectivity index is 2.59. The van der Waals surface area contributed by atoms with Gasteiger partial charge in [-0.05, 0) is 43.8 Å². The molecule has 1 rings (SSSR count). The topological polar surface area (TPSA) is 163 Å². The van der Waals surface area contributed by atoms with Gasteiger partial charge >= 0.3 is 6.03 Å². The van der Waals surface area contributed by atoms with E-state index >= 15 is 0 Å². The number of nitrogens with two attached hydrogens (primary N) is 1. The summed E-state index contributed by atoms with van der Waals surface area (Å²) in [6.07, 6.45) is 4.62. The summed E-state index contributed by atoms with van der Waals surface area (Å²) in [4.78, 5) is 61.3. The van der Waals surface area contributed by atoms with E-state index in [-0.39, 0.29) is 29.4 Å². The maximum atomic E-state index is 13.1. The molecule has 1 heterocycles. The van der Waals surface area contributed by atoms with Crippen molar-refractivity contribution in [2.75, 3.05) is 19.6 Å². The summed E-state index contributed by atoms with van der Waals surface area (Å²) < 4.78 is 0. The quantitative estimate of drug-likeness (QED) is 0.126. The molecule has 36 heavy (non-hydrogen) atoms. The summed E-state index contributed by atoms with van der Waals surface area (Å²) in [7, 11) is 0. The molecule has 202 valence electrons. The fraction of sp³-hybridized carbons (Fsp3) is 0.667. The number of thiocarbonyl (C=S) groups is 1. The van der Waals surface area contributed by atoms with Gasteiger partial charge in [-0.15, -0.1) is 0 Å². The summed E-state index contributed by atoms with van der Waals surface area (Å²) >= 11 is 5.35. The van der Waals surface area contributed by atoms with Crippen molar-refractivity contribution in [2.24, 2.45) is 17.1 Å². The summed E-state index contributed by atoms with van der Waals surface area (Å²) in [5.41, 5.74) is 4.43. The molecule has 2 atom stereocenters. The summed E-state index contributed by atoms with van der Waals surface area (Å²) in [5.74, 6) is -1.18. The van der Waals surface area contributed by atoms with Crippen molar-refractivity contribution >= 4 is 46.9 Å². The van der Waals surface area contributed by atoms with Crippen LogP contribution in [0.3, 0.4) is 0 Å². The first-order chi connectivity index (χ1) is 16.7. The standard InChI is InChI=1S/C24H40N6O5S/c1-15(2)19(29-23(36)27-12-6-7-14-30-17(31)10-11-18(30)32)21(34)28-16(20(33)24(3,4)5)9-8-13-26-22(25)35/h10-11,15-16,19H,6-9,12-14H2,1-5H3,(H,28,34)(H3,25,26,35)(H2,27,29,36)/t16-,19-/m0/s1. The molecule has 0 saturated heterocycles. The molecule has 6 N–H and O–H groups in total. The molecular weight excluding hydrogens is 484 g/mol. The molecule has 0 aromatic rings. The van der Waals surface area contributed by atoms with Gasteiger partial charge in [-0.3, -0.25) is 24.1 Å². The Morgan fingerprint density at radius 2 is 1.56 bits per heavy atom. The van der Waals surface area contributed by atoms with Crippen LogP contribution in [0, 0.1) is 11.3 Å². The van der Waals surface area contributed by atoms with Gasteiger partial charge in [0.15, 0.2) is 10.9 Å². The number of amides is 5. The van der Waals surface area contributed by atoms with Gasteiger partial charge in [-0.25, -0.2) is 4.79 Å². The Hall–Kier alpha value is -3.02. The number of ketones is 1. The van der Waals surface area contributed by atoms with E-state index in [1.165, 1.54) is 17.1 Å². The van der Waals surface area contributed by atoms with E-state index in [2.05, 4.69) is 21.3 Å². The second kappa shape index (κ2) is 14.5. The third-order valence-electron chi connectivity index (χ3n) is 5.57. The zero-order valence-electron chi connectivity index (χ0n) is 21.8. The third kappa shape index (κ3) is 10.7. The van der Waals surface area contributed by atoms with Crippen molar-refractivity contribution in [3.8, 4) is 0 Å². The van der Waals surface area contributed by atoms with E-state index in [4.69, 9.17) is 18.0 Å². The molecule has 0 saturated carbocycles. The van der Waals surface area contributed by atoms with Crippen LogP contribution in [0.15, 0.2) is 12.2 Å². The summed E-state index contributed by atoms with van der Waals surface area (Å²) in [6.45, 7) is 10.3. The Bertz CT molecular complexity index is 850. The van der Waals surface area contributed by atoms with Gasteiger partial charge in [-0.1, -0.05) is 34.6 Å². The van der Waals surface area contributed by atoms with E-state index in [1.54, 1.807) is 20.8 Å². The summed E-state index contributed by atoms with van der Waals surface area (Å²) in [6, 6.07) is -2.03. The molecule has 1 aliphatic rings. The van der Waals surface area contributed by atoms with Gasteiger partial charge < -0.3 is 27.0 Å². The SMILES string of the molecule is CC(C)[C@H](NC(=S)NCCCCN1C(=O)C=CC1=O)C(=O)N[C@@H](CCCNC(N)=O)C(=O)C(C)(C)C. The van der Waals surface area contributed by atoms with Crippen molar-refractivity contribution in [1.82, 2.24) is 26.2 Å². The smallest absolute Gasteiger partial charge is 0.312 e. The number of urea groups is 1. The average Bonchev–Trinajstić information content (AvgIpc) is 3.09. The van der Waals surface area contributed by atoms with Crippen LogP contribution in [0.4, 0.5) is 4.79 Å². The summed E-state index contributed by atoms with van der Waals surface area (Å²) in [5, 5.41) is 11.7. The van der Waals surface area contributed by atoms with Crippen LogP contribution >= 0.6 is 12.2 Å². The van der Waals surface area contributed by atoms with E-state index in [0.29, 0.717) is 50.4 Å². The predicted molar refractivity (Wildman–Crippen MR) is 141 cm³/mol. The highest BCUT2D eigenvalue weighted by atomic mass is 32.1. The molecule has 1 aliphatic heterocycles. The molecule has 0 aromatic heterocycles. The maximum Gasteiger partial charge on any atom is 0.312 e. The van der Waals surface area contributed by atoms with E-state index in [1.807, 2.05) is 13.8 Å². The molecule has 12 heteroatoms. The van der Waals surface area contributed by atoms with Gasteiger partial charge in [0.05, 0.1) is 6.04 Å². The van der Waals surface area contributed by atoms with Gasteiger partial charge in [-0.2, -0.15) is 0 Å². The molecule has 0 spiro atoms. The molecule has 0 aromatic carbocycles. The molecule has 0 aliphatic carbocycles. The Morgan fingerprint density at radius 1 is 0.972 bits per heavy atom. The Morgan fingerprint density at radius 3 is 2.08 bits per heavy atom. The third-order valence-corrected chi connectivity index (χ3v) is 5.83. The van der Waals surface area contributed by atoms with Gasteiger partial charge in [0.1, 0.15) is 6.04 Å². The number of primary amides is 1. The second-order valence-electron chi connectivity index (χ2n) is 10.1. The second-order valence-corrected chi connectivity index (χ2v) is 10.5. The molecule has 0 bridgehead atoms. The van der Waals surface area contributed by atoms with Gasteiger partial charge in [0.2, 0.25) is 5.91 Å². The average molecular weight is 525 g/mol. The van der Waals surface area contributed by atoms with Gasteiger partial charge in [0, 0.05) is 37.2 Å². The number of hydrogen-bond donors (Lipinski definition) is 5. The normalized spacial score (nSPS) is 15.0. The lowest BCUT2D eigenvalue weighted by molar-refractivity contribution is -0.136. The van der Waals surface area contributed by atoms with E-state index in [0.717, 1.165) is 0 Å². The fourth-order valence-electron chi connectivity index (χ4n) is 3.55. The van der Waals surface area contributed by atoms with Crippen LogP contribution in [-0.2, 0) is 19.2 Å². The van der Waals surface area contributed by atoms with E-state index in [9.17, 15) is 24.0 Å². The lowest BCUT2D eigenvalue weighted by atomic mass is 9.84. The van der Waals surface area contributed by atoms with Gasteiger partial charge in [0.25, 0.3) is 11.8 Å². The first kappa shape index (κ1) is 31.0. The van der Waals surface area contributed by atoms with Crippen molar-refractivity contribution in [2.45, 2.75) is 72.4 Å². The lowest BCUT2D eigenvalue weighted by Crippen LogP contribution is -2.56. The zero-order valence-corrected chi connectivity index (χ0v) is 22.6. The number of carbonyl (C=O) groups is 5. The van der Waals surface area contributed by atoms with Crippen molar-refractivity contribution in [3.05, 3.63) is 12.2 Å². The van der Waals surface area contributed by atoms with E-state index < -0.39 is 23.5 Å². The highest BCUT2D eigenvalue weighted by molar-refractivity contribution is 7.80. The number of nitrogens with zero attached hydrogens (tertiary/aromatic N) is 1.